The second kappa shape index (κ2) is 15.5. The van der Waals surface area contributed by atoms with Gasteiger partial charge in [-0.25, -0.2) is 4.67 Å². The first kappa shape index (κ1) is 37.5. The molecule has 1 aliphatic rings. The van der Waals surface area contributed by atoms with E-state index in [1.54, 1.807) is 0 Å². The monoisotopic (exact) mass is 620 g/mol. The van der Waals surface area contributed by atoms with Crippen molar-refractivity contribution in [3.05, 3.63) is 108 Å². The van der Waals surface area contributed by atoms with Crippen molar-refractivity contribution in [2.24, 2.45) is 5.41 Å². The second-order valence-electron chi connectivity index (χ2n) is 13.8. The summed E-state index contributed by atoms with van der Waals surface area (Å²) in [4.78, 5) is 13.5. The number of benzene rings is 3. The van der Waals surface area contributed by atoms with Crippen LogP contribution in [0, 0.1) is 5.41 Å². The first-order valence-corrected chi connectivity index (χ1v) is 16.9. The highest BCUT2D eigenvalue weighted by atomic mass is 31.2. The molecule has 6 heteroatoms. The number of hydrogen-bond acceptors (Lipinski definition) is 3. The van der Waals surface area contributed by atoms with E-state index in [-0.39, 0.29) is 32.2 Å². The van der Waals surface area contributed by atoms with Crippen LogP contribution in [0.5, 0.6) is 0 Å². The topological polar surface area (TPSA) is 58.6 Å². The minimum Gasteiger partial charge on any atom is -0.353 e. The molecule has 3 aromatic rings. The molecule has 0 aromatic heterocycles. The summed E-state index contributed by atoms with van der Waals surface area (Å²) in [6.07, 6.45) is 2.56. The summed E-state index contributed by atoms with van der Waals surface area (Å²) in [5.74, 6) is 0.0589. The van der Waals surface area contributed by atoms with E-state index in [4.69, 9.17) is 4.52 Å². The van der Waals surface area contributed by atoms with Gasteiger partial charge in [0.25, 0.3) is 7.52 Å². The van der Waals surface area contributed by atoms with Crippen molar-refractivity contribution < 1.29 is 13.9 Å². The van der Waals surface area contributed by atoms with Crippen LogP contribution in [0.1, 0.15) is 98.8 Å². The van der Waals surface area contributed by atoms with Gasteiger partial charge in [0.1, 0.15) is 0 Å². The van der Waals surface area contributed by atoms with Gasteiger partial charge in [-0.1, -0.05) is 127 Å². The zero-order valence-corrected chi connectivity index (χ0v) is 27.2. The summed E-state index contributed by atoms with van der Waals surface area (Å²) in [5, 5.41) is 2.83. The van der Waals surface area contributed by atoms with Crippen LogP contribution in [0.25, 0.3) is 0 Å². The van der Waals surface area contributed by atoms with Crippen LogP contribution in [0.3, 0.4) is 0 Å². The molecule has 242 valence electrons. The van der Waals surface area contributed by atoms with Crippen LogP contribution in [0.2, 0.25) is 0 Å². The standard InChI is InChI=1S/C36H49N2O3P.2CH4/c1-34(2,3)28-41-42(40,35(4,5)6)38-26-23-32(24-27-38)37-33(39)22-25-36(29-16-10-7-11-17-29,30-18-12-8-13-19-30)31-20-14-9-15-21-31;;/h7-21,32H,22-28H2,1-6H3,(H,37,39);2*1H4. The van der Waals surface area contributed by atoms with Gasteiger partial charge in [0.05, 0.1) is 11.8 Å². The SMILES string of the molecule is C.C.CC(C)(C)COP(=O)(N1CCC(NC(=O)CCC(c2ccccc2)(c2ccccc2)c2ccccc2)CC1)C(C)(C)C. The number of hydrogen-bond donors (Lipinski definition) is 1. The Hall–Kier alpha value is -2.72. The van der Waals surface area contributed by atoms with Gasteiger partial charge in [-0.05, 0) is 62.1 Å². The molecular weight excluding hydrogens is 563 g/mol. The van der Waals surface area contributed by atoms with Crippen molar-refractivity contribution in [2.45, 2.75) is 98.7 Å². The van der Waals surface area contributed by atoms with E-state index in [9.17, 15) is 9.36 Å². The van der Waals surface area contributed by atoms with E-state index >= 15 is 0 Å². The van der Waals surface area contributed by atoms with E-state index in [1.807, 2.05) is 43.6 Å². The summed E-state index contributed by atoms with van der Waals surface area (Å²) in [6.45, 7) is 14.0. The Morgan fingerprint density at radius 2 is 1.18 bits per heavy atom. The summed E-state index contributed by atoms with van der Waals surface area (Å²) in [6, 6.07) is 31.6. The van der Waals surface area contributed by atoms with Crippen LogP contribution in [0.4, 0.5) is 0 Å². The van der Waals surface area contributed by atoms with Crippen molar-refractivity contribution in [2.75, 3.05) is 19.7 Å². The number of amides is 1. The first-order valence-electron chi connectivity index (χ1n) is 15.3. The van der Waals surface area contributed by atoms with Crippen LogP contribution in [-0.2, 0) is 19.3 Å². The van der Waals surface area contributed by atoms with Crippen molar-refractivity contribution in [1.82, 2.24) is 9.99 Å². The highest BCUT2D eigenvalue weighted by Gasteiger charge is 2.45. The van der Waals surface area contributed by atoms with Gasteiger partial charge in [0.15, 0.2) is 0 Å². The van der Waals surface area contributed by atoms with Crippen LogP contribution < -0.4 is 5.32 Å². The van der Waals surface area contributed by atoms with E-state index in [1.165, 1.54) is 16.7 Å². The van der Waals surface area contributed by atoms with Crippen LogP contribution in [0.15, 0.2) is 91.0 Å². The van der Waals surface area contributed by atoms with Gasteiger partial charge in [0.2, 0.25) is 5.91 Å². The molecule has 3 aromatic carbocycles. The molecule has 1 atom stereocenters. The number of carbonyl (C=O) groups excluding carboxylic acids is 1. The van der Waals surface area contributed by atoms with E-state index in [0.717, 1.165) is 12.8 Å². The maximum absolute atomic E-state index is 14.2. The van der Waals surface area contributed by atoms with Gasteiger partial charge in [-0.2, -0.15) is 0 Å². The zero-order chi connectivity index (χ0) is 30.4. The molecule has 0 spiro atoms. The second-order valence-corrected chi connectivity index (χ2v) is 17.0. The van der Waals surface area contributed by atoms with E-state index < -0.39 is 18.1 Å². The number of rotatable bonds is 10. The van der Waals surface area contributed by atoms with Gasteiger partial charge < -0.3 is 9.84 Å². The summed E-state index contributed by atoms with van der Waals surface area (Å²) in [7, 11) is -3.05. The average Bonchev–Trinajstić information content (AvgIpc) is 2.97. The molecule has 44 heavy (non-hydrogen) atoms. The molecule has 0 aliphatic carbocycles. The summed E-state index contributed by atoms with van der Waals surface area (Å²) < 4.78 is 22.5. The number of piperidine rings is 1. The first-order chi connectivity index (χ1) is 19.8. The minimum atomic E-state index is -3.05. The Labute approximate surface area is 268 Å². The third-order valence-corrected chi connectivity index (χ3v) is 11.6. The lowest BCUT2D eigenvalue weighted by molar-refractivity contribution is -0.122. The lowest BCUT2D eigenvalue weighted by atomic mass is 9.66. The fourth-order valence-corrected chi connectivity index (χ4v) is 8.68. The Morgan fingerprint density at radius 3 is 1.55 bits per heavy atom. The number of carbonyl (C=O) groups is 1. The van der Waals surface area contributed by atoms with Gasteiger partial charge in [-0.3, -0.25) is 9.36 Å². The fourth-order valence-electron chi connectivity index (χ4n) is 5.96. The highest BCUT2D eigenvalue weighted by molar-refractivity contribution is 7.58. The average molecular weight is 621 g/mol. The third kappa shape index (κ3) is 8.71. The molecule has 1 aliphatic heterocycles. The van der Waals surface area contributed by atoms with Crippen LogP contribution >= 0.6 is 7.52 Å². The molecule has 0 saturated carbocycles. The smallest absolute Gasteiger partial charge is 0.277 e. The molecule has 0 radical (unpaired) electrons. The van der Waals surface area contributed by atoms with Crippen molar-refractivity contribution in [1.29, 1.82) is 0 Å². The highest BCUT2D eigenvalue weighted by Crippen LogP contribution is 2.62. The predicted molar refractivity (Wildman–Crippen MR) is 187 cm³/mol. The molecule has 1 unspecified atom stereocenters. The predicted octanol–water partition coefficient (Wildman–Crippen LogP) is 9.71. The number of nitrogens with one attached hydrogen (secondary N) is 1. The van der Waals surface area contributed by atoms with Crippen molar-refractivity contribution in [3.63, 3.8) is 0 Å². The Kier molecular flexibility index (Phi) is 13.2. The fraction of sp³-hybridized carbons (Fsp3) is 0.500. The largest absolute Gasteiger partial charge is 0.353 e. The molecule has 1 saturated heterocycles. The summed E-state index contributed by atoms with van der Waals surface area (Å²) >= 11 is 0. The van der Waals surface area contributed by atoms with Crippen LogP contribution in [-0.4, -0.2) is 41.5 Å². The molecule has 0 bridgehead atoms. The maximum Gasteiger partial charge on any atom is 0.277 e. The Balaban J connectivity index is 0.00000337. The molecule has 4 rings (SSSR count). The molecule has 5 nitrogen and oxygen atoms in total. The molecule has 1 fully saturated rings. The van der Waals surface area contributed by atoms with Gasteiger partial charge in [-0.15, -0.1) is 0 Å². The zero-order valence-electron chi connectivity index (χ0n) is 26.3. The molecular formula is C38H57N2O3P. The third-order valence-electron chi connectivity index (χ3n) is 8.26. The molecule has 1 N–H and O–H groups in total. The normalized spacial score (nSPS) is 16.2. The molecule has 1 amide bonds. The van der Waals surface area contributed by atoms with Crippen molar-refractivity contribution in [3.8, 4) is 0 Å². The maximum atomic E-state index is 14.2. The lowest BCUT2D eigenvalue weighted by Crippen LogP contribution is -2.46. The molecule has 1 heterocycles. The van der Waals surface area contributed by atoms with E-state index in [0.29, 0.717) is 32.5 Å². The minimum absolute atomic E-state index is 0. The quantitative estimate of drug-likeness (QED) is 0.181. The van der Waals surface area contributed by atoms with Gasteiger partial charge in [0, 0.05) is 31.0 Å². The Bertz CT molecular complexity index is 1230. The number of nitrogens with zero attached hydrogens (tertiary/aromatic N) is 1. The summed E-state index contributed by atoms with van der Waals surface area (Å²) in [5.41, 5.74) is 3.01. The van der Waals surface area contributed by atoms with Gasteiger partial charge >= 0.3 is 0 Å². The lowest BCUT2D eigenvalue weighted by Gasteiger charge is -2.43. The van der Waals surface area contributed by atoms with Crippen molar-refractivity contribution >= 4 is 13.4 Å². The van der Waals surface area contributed by atoms with E-state index in [2.05, 4.69) is 98.9 Å². The Morgan fingerprint density at radius 1 is 0.773 bits per heavy atom.